The molecule has 1 saturated carbocycles. The highest BCUT2D eigenvalue weighted by Crippen LogP contribution is 2.50. The molecule has 1 aliphatic heterocycles. The van der Waals surface area contributed by atoms with Crippen LogP contribution >= 0.6 is 0 Å². The van der Waals surface area contributed by atoms with E-state index >= 15 is 0 Å². The Morgan fingerprint density at radius 2 is 1.00 bits per heavy atom. The minimum Gasteiger partial charge on any atom is -0.403 e. The van der Waals surface area contributed by atoms with E-state index < -0.39 is 0 Å². The van der Waals surface area contributed by atoms with E-state index in [0.29, 0.717) is 0 Å². The van der Waals surface area contributed by atoms with E-state index in [2.05, 4.69) is 34.6 Å². The zero-order valence-electron chi connectivity index (χ0n) is 13.6. The first kappa shape index (κ1) is 15.4. The van der Waals surface area contributed by atoms with Gasteiger partial charge in [0.25, 0.3) is 0 Å². The minimum absolute atomic E-state index is 0.0319. The second-order valence-electron chi connectivity index (χ2n) is 7.86. The Labute approximate surface area is 119 Å². The second kappa shape index (κ2) is 5.40. The van der Waals surface area contributed by atoms with Crippen molar-refractivity contribution in [3.63, 3.8) is 0 Å². The Balaban J connectivity index is 2.10. The summed E-state index contributed by atoms with van der Waals surface area (Å²) in [5, 5.41) is 0.190. The van der Waals surface area contributed by atoms with E-state index in [-0.39, 0.29) is 23.6 Å². The van der Waals surface area contributed by atoms with Gasteiger partial charge < -0.3 is 9.31 Å². The van der Waals surface area contributed by atoms with Gasteiger partial charge in [0.1, 0.15) is 0 Å². The zero-order valence-corrected chi connectivity index (χ0v) is 13.6. The van der Waals surface area contributed by atoms with Crippen LogP contribution in [-0.2, 0) is 9.31 Å². The summed E-state index contributed by atoms with van der Waals surface area (Å²) < 4.78 is 12.6. The summed E-state index contributed by atoms with van der Waals surface area (Å²) in [7, 11) is -0.0319. The van der Waals surface area contributed by atoms with E-state index in [0.717, 1.165) is 0 Å². The summed E-state index contributed by atoms with van der Waals surface area (Å²) in [4.78, 5) is 0. The zero-order chi connectivity index (χ0) is 14.1. The third-order valence-electron chi connectivity index (χ3n) is 5.57. The topological polar surface area (TPSA) is 18.5 Å². The maximum Gasteiger partial charge on any atom is 0.464 e. The number of hydrogen-bond donors (Lipinski definition) is 0. The molecule has 0 amide bonds. The lowest BCUT2D eigenvalue weighted by Crippen LogP contribution is -2.41. The first-order valence-electron chi connectivity index (χ1n) is 8.13. The van der Waals surface area contributed by atoms with Crippen LogP contribution in [0.1, 0.15) is 86.0 Å². The van der Waals surface area contributed by atoms with Crippen molar-refractivity contribution < 1.29 is 9.31 Å². The maximum atomic E-state index is 6.32. The third kappa shape index (κ3) is 3.18. The monoisotopic (exact) mass is 266 g/mol. The molecule has 2 aliphatic rings. The summed E-state index contributed by atoms with van der Waals surface area (Å²) in [5.74, 6) is 0. The molecule has 110 valence electrons. The average Bonchev–Trinajstić information content (AvgIpc) is 2.58. The highest BCUT2D eigenvalue weighted by atomic mass is 16.7. The van der Waals surface area contributed by atoms with Crippen molar-refractivity contribution in [1.29, 1.82) is 0 Å². The lowest BCUT2D eigenvalue weighted by atomic mass is 9.54. The summed E-state index contributed by atoms with van der Waals surface area (Å²) >= 11 is 0. The third-order valence-corrected chi connectivity index (χ3v) is 5.57. The fraction of sp³-hybridized carbons (Fsp3) is 1.00. The molecule has 0 aromatic heterocycles. The minimum atomic E-state index is -0.195. The Bertz CT molecular complexity index is 286. The Morgan fingerprint density at radius 1 is 0.632 bits per heavy atom. The molecule has 2 fully saturated rings. The van der Waals surface area contributed by atoms with Crippen LogP contribution in [0.3, 0.4) is 0 Å². The SMILES string of the molecule is CC1(B2OC(C)(C)C(C)(C)O2)CCCCCCCC1. The summed E-state index contributed by atoms with van der Waals surface area (Å²) in [6, 6.07) is 0. The molecule has 0 unspecified atom stereocenters. The fourth-order valence-corrected chi connectivity index (χ4v) is 3.25. The van der Waals surface area contributed by atoms with Crippen LogP contribution in [-0.4, -0.2) is 18.3 Å². The summed E-state index contributed by atoms with van der Waals surface area (Å²) in [6.07, 6.45) is 10.7. The molecule has 0 N–H and O–H groups in total. The van der Waals surface area contributed by atoms with Crippen LogP contribution in [0.4, 0.5) is 0 Å². The lowest BCUT2D eigenvalue weighted by molar-refractivity contribution is 0.00578. The standard InChI is InChI=1S/C16H31BO2/c1-14(2)15(3,4)19-17(18-14)16(5)12-10-8-6-7-9-11-13-16/h6-13H2,1-5H3. The molecule has 19 heavy (non-hydrogen) atoms. The molecule has 2 nitrogen and oxygen atoms in total. The largest absolute Gasteiger partial charge is 0.464 e. The molecule has 0 spiro atoms. The molecule has 3 heteroatoms. The molecule has 0 aromatic carbocycles. The van der Waals surface area contributed by atoms with Gasteiger partial charge in [-0.05, 0) is 40.5 Å². The van der Waals surface area contributed by atoms with Gasteiger partial charge in [-0.1, -0.05) is 45.4 Å². The second-order valence-corrected chi connectivity index (χ2v) is 7.86. The van der Waals surface area contributed by atoms with E-state index in [1.807, 2.05) is 0 Å². The van der Waals surface area contributed by atoms with Gasteiger partial charge in [-0.15, -0.1) is 0 Å². The van der Waals surface area contributed by atoms with Gasteiger partial charge in [0.15, 0.2) is 0 Å². The van der Waals surface area contributed by atoms with Crippen molar-refractivity contribution in [3.8, 4) is 0 Å². The highest BCUT2D eigenvalue weighted by molar-refractivity contribution is 6.49. The molecular weight excluding hydrogens is 235 g/mol. The van der Waals surface area contributed by atoms with Crippen LogP contribution in [0.15, 0.2) is 0 Å². The highest BCUT2D eigenvalue weighted by Gasteiger charge is 2.57. The van der Waals surface area contributed by atoms with Crippen molar-refractivity contribution in [1.82, 2.24) is 0 Å². The molecule has 0 radical (unpaired) electrons. The summed E-state index contributed by atoms with van der Waals surface area (Å²) in [6.45, 7) is 11.0. The van der Waals surface area contributed by atoms with Gasteiger partial charge in [0.2, 0.25) is 0 Å². The van der Waals surface area contributed by atoms with Crippen molar-refractivity contribution in [2.24, 2.45) is 0 Å². The maximum absolute atomic E-state index is 6.32. The number of hydrogen-bond acceptors (Lipinski definition) is 2. The van der Waals surface area contributed by atoms with E-state index in [1.54, 1.807) is 0 Å². The first-order chi connectivity index (χ1) is 8.77. The van der Waals surface area contributed by atoms with Crippen LogP contribution in [0.25, 0.3) is 0 Å². The number of rotatable bonds is 1. The fourth-order valence-electron chi connectivity index (χ4n) is 3.25. The Hall–Kier alpha value is -0.0151. The van der Waals surface area contributed by atoms with Crippen LogP contribution in [0.5, 0.6) is 0 Å². The quantitative estimate of drug-likeness (QED) is 0.623. The lowest BCUT2D eigenvalue weighted by Gasteiger charge is -2.32. The van der Waals surface area contributed by atoms with Crippen LogP contribution in [0, 0.1) is 0 Å². The van der Waals surface area contributed by atoms with Crippen molar-refractivity contribution in [2.75, 3.05) is 0 Å². The van der Waals surface area contributed by atoms with E-state index in [4.69, 9.17) is 9.31 Å². The van der Waals surface area contributed by atoms with Gasteiger partial charge in [0, 0.05) is 5.31 Å². The van der Waals surface area contributed by atoms with Gasteiger partial charge >= 0.3 is 7.12 Å². The molecule has 2 rings (SSSR count). The van der Waals surface area contributed by atoms with E-state index in [1.165, 1.54) is 51.4 Å². The normalized spacial score (nSPS) is 30.5. The van der Waals surface area contributed by atoms with Gasteiger partial charge in [-0.2, -0.15) is 0 Å². The van der Waals surface area contributed by atoms with Crippen molar-refractivity contribution in [3.05, 3.63) is 0 Å². The molecule has 1 saturated heterocycles. The molecule has 1 heterocycles. The van der Waals surface area contributed by atoms with Crippen molar-refractivity contribution in [2.45, 2.75) is 103 Å². The Morgan fingerprint density at radius 3 is 1.42 bits per heavy atom. The predicted molar refractivity (Wildman–Crippen MR) is 81.4 cm³/mol. The molecular formula is C16H31BO2. The summed E-state index contributed by atoms with van der Waals surface area (Å²) in [5.41, 5.74) is -0.391. The molecule has 0 aromatic rings. The van der Waals surface area contributed by atoms with E-state index in [9.17, 15) is 0 Å². The van der Waals surface area contributed by atoms with Crippen molar-refractivity contribution >= 4 is 7.12 Å². The van der Waals surface area contributed by atoms with Gasteiger partial charge in [-0.3, -0.25) is 0 Å². The molecule has 0 atom stereocenters. The smallest absolute Gasteiger partial charge is 0.403 e. The predicted octanol–water partition coefficient (Wildman–Crippen LogP) is 4.97. The Kier molecular flexibility index (Phi) is 4.37. The van der Waals surface area contributed by atoms with Crippen LogP contribution < -0.4 is 0 Å². The molecule has 1 aliphatic carbocycles. The first-order valence-corrected chi connectivity index (χ1v) is 8.13. The molecule has 0 bridgehead atoms. The average molecular weight is 266 g/mol. The van der Waals surface area contributed by atoms with Crippen LogP contribution in [0.2, 0.25) is 5.31 Å². The van der Waals surface area contributed by atoms with Gasteiger partial charge in [0.05, 0.1) is 11.2 Å². The van der Waals surface area contributed by atoms with Gasteiger partial charge in [-0.25, -0.2) is 0 Å².